The van der Waals surface area contributed by atoms with Crippen molar-refractivity contribution in [2.75, 3.05) is 13.1 Å². The van der Waals surface area contributed by atoms with Crippen LogP contribution in [0.25, 0.3) is 10.2 Å². The van der Waals surface area contributed by atoms with Crippen LogP contribution in [0, 0.1) is 0 Å². The number of hydrogen-bond donors (Lipinski definition) is 0. The lowest BCUT2D eigenvalue weighted by molar-refractivity contribution is 0.435. The molecule has 0 bridgehead atoms. The predicted molar refractivity (Wildman–Crippen MR) is 103 cm³/mol. The average Bonchev–Trinajstić information content (AvgIpc) is 2.88. The largest absolute Gasteiger partial charge is 0.294 e. The zero-order valence-corrected chi connectivity index (χ0v) is 15.3. The fourth-order valence-electron chi connectivity index (χ4n) is 3.35. The minimum atomic E-state index is -2.86. The van der Waals surface area contributed by atoms with Crippen molar-refractivity contribution in [1.29, 1.82) is 0 Å². The van der Waals surface area contributed by atoms with E-state index in [4.69, 9.17) is 4.98 Å². The predicted octanol–water partition coefficient (Wildman–Crippen LogP) is 4.40. The van der Waals surface area contributed by atoms with E-state index in [0.29, 0.717) is 0 Å². The average molecular weight is 356 g/mol. The molecule has 5 heteroatoms. The van der Waals surface area contributed by atoms with E-state index in [0.717, 1.165) is 46.2 Å². The summed E-state index contributed by atoms with van der Waals surface area (Å²) < 4.78 is 18.5. The van der Waals surface area contributed by atoms with Crippen molar-refractivity contribution < 1.29 is 4.57 Å². The third-order valence-electron chi connectivity index (χ3n) is 4.63. The molecule has 1 fully saturated rings. The first-order valence-electron chi connectivity index (χ1n) is 8.56. The van der Waals surface area contributed by atoms with Gasteiger partial charge in [0.15, 0.2) is 4.75 Å². The number of aromatic nitrogens is 1. The van der Waals surface area contributed by atoms with Gasteiger partial charge in [0.1, 0.15) is 0 Å². The Morgan fingerprint density at radius 1 is 0.875 bits per heavy atom. The number of nitrogens with zero attached hydrogens (tertiary/aromatic N) is 2. The van der Waals surface area contributed by atoms with Crippen LogP contribution in [0.2, 0.25) is 0 Å². The number of benzene rings is 2. The van der Waals surface area contributed by atoms with Gasteiger partial charge in [-0.2, -0.15) is 0 Å². The molecule has 0 amide bonds. The van der Waals surface area contributed by atoms with Crippen molar-refractivity contribution >= 4 is 38.9 Å². The summed E-state index contributed by atoms with van der Waals surface area (Å²) in [6, 6.07) is 18.0. The third kappa shape index (κ3) is 2.83. The first-order chi connectivity index (χ1) is 11.8. The highest BCUT2D eigenvalue weighted by Gasteiger charge is 2.37. The van der Waals surface area contributed by atoms with Gasteiger partial charge in [-0.25, -0.2) is 9.65 Å². The summed E-state index contributed by atoms with van der Waals surface area (Å²) in [6.45, 7) is 1.78. The molecule has 1 aromatic heterocycles. The van der Waals surface area contributed by atoms with Gasteiger partial charge in [0, 0.05) is 18.4 Å². The molecule has 0 N–H and O–H groups in total. The van der Waals surface area contributed by atoms with Crippen molar-refractivity contribution in [2.45, 2.75) is 25.7 Å². The summed E-state index contributed by atoms with van der Waals surface area (Å²) >= 11 is 1.58. The molecule has 1 saturated heterocycles. The Kier molecular flexibility index (Phi) is 4.53. The molecular weight excluding hydrogens is 335 g/mol. The molecule has 4 rings (SSSR count). The molecule has 1 aliphatic heterocycles. The summed E-state index contributed by atoms with van der Waals surface area (Å²) in [6.07, 6.45) is 4.68. The highest BCUT2D eigenvalue weighted by Crippen LogP contribution is 2.49. The first kappa shape index (κ1) is 16.0. The second-order valence-electron chi connectivity index (χ2n) is 6.24. The van der Waals surface area contributed by atoms with Gasteiger partial charge in [0.05, 0.1) is 10.2 Å². The van der Waals surface area contributed by atoms with Crippen molar-refractivity contribution in [1.82, 2.24) is 9.65 Å². The molecule has 3 aromatic rings. The molecule has 2 heterocycles. The van der Waals surface area contributed by atoms with E-state index >= 15 is 0 Å². The summed E-state index contributed by atoms with van der Waals surface area (Å²) in [5.74, 6) is 0. The van der Waals surface area contributed by atoms with E-state index in [-0.39, 0.29) is 0 Å². The first-order valence-corrected chi connectivity index (χ1v) is 11.0. The van der Waals surface area contributed by atoms with Crippen LogP contribution in [0.3, 0.4) is 0 Å². The van der Waals surface area contributed by atoms with Gasteiger partial charge in [-0.3, -0.25) is 4.57 Å². The zero-order chi connectivity index (χ0) is 16.4. The summed E-state index contributed by atoms with van der Waals surface area (Å²) in [4.78, 5) is 4.78. The smallest absolute Gasteiger partial charge is 0.234 e. The number of rotatable bonds is 3. The van der Waals surface area contributed by atoms with Crippen molar-refractivity contribution in [3.8, 4) is 0 Å². The number of para-hydroxylation sites is 1. The molecule has 1 unspecified atom stereocenters. The molecule has 1 atom stereocenters. The molecule has 1 aliphatic rings. The molecule has 0 spiro atoms. The SMILES string of the molecule is O=P(c1ccccc1)(c1nc2ccccc2s1)N1CCCCCC1. The fourth-order valence-corrected chi connectivity index (χ4v) is 7.96. The van der Waals surface area contributed by atoms with Crippen LogP contribution in [-0.4, -0.2) is 22.7 Å². The van der Waals surface area contributed by atoms with Gasteiger partial charge >= 0.3 is 0 Å². The second kappa shape index (κ2) is 6.79. The molecule has 24 heavy (non-hydrogen) atoms. The molecule has 0 aliphatic carbocycles. The highest BCUT2D eigenvalue weighted by molar-refractivity contribution is 7.81. The van der Waals surface area contributed by atoms with Gasteiger partial charge in [-0.1, -0.05) is 43.2 Å². The Labute approximate surface area is 146 Å². The summed E-state index contributed by atoms with van der Waals surface area (Å²) in [5, 5.41) is 0.908. The van der Waals surface area contributed by atoms with Crippen molar-refractivity contribution in [3.05, 3.63) is 54.6 Å². The Morgan fingerprint density at radius 2 is 1.54 bits per heavy atom. The Hall–Kier alpha value is -1.48. The highest BCUT2D eigenvalue weighted by atomic mass is 32.1. The van der Waals surface area contributed by atoms with Crippen LogP contribution >= 0.6 is 18.6 Å². The molecule has 124 valence electrons. The Morgan fingerprint density at radius 3 is 2.25 bits per heavy atom. The van der Waals surface area contributed by atoms with E-state index in [1.165, 1.54) is 12.8 Å². The Balaban J connectivity index is 1.87. The minimum absolute atomic E-state index is 0.775. The number of fused-ring (bicyclic) bond motifs is 1. The van der Waals surface area contributed by atoms with Crippen LogP contribution in [0.4, 0.5) is 0 Å². The molecule has 3 nitrogen and oxygen atoms in total. The van der Waals surface area contributed by atoms with Crippen LogP contribution in [0.15, 0.2) is 54.6 Å². The standard InChI is InChI=1S/C19H21N2OPS/c22-23(16-10-4-3-5-11-16,21-14-8-1-2-9-15-21)19-20-17-12-6-7-13-18(17)24-19/h3-7,10-13H,1-2,8-9,14-15H2. The van der Waals surface area contributed by atoms with E-state index in [1.54, 1.807) is 11.3 Å². The van der Waals surface area contributed by atoms with Crippen molar-refractivity contribution in [3.63, 3.8) is 0 Å². The monoisotopic (exact) mass is 356 g/mol. The van der Waals surface area contributed by atoms with Crippen LogP contribution < -0.4 is 10.1 Å². The van der Waals surface area contributed by atoms with Gasteiger partial charge in [0.25, 0.3) is 0 Å². The maximum Gasteiger partial charge on any atom is 0.234 e. The molecule has 0 saturated carbocycles. The van der Waals surface area contributed by atoms with E-state index in [9.17, 15) is 4.57 Å². The third-order valence-corrected chi connectivity index (χ3v) is 9.30. The maximum absolute atomic E-state index is 14.4. The van der Waals surface area contributed by atoms with Gasteiger partial charge in [-0.15, -0.1) is 11.3 Å². The second-order valence-corrected chi connectivity index (χ2v) is 10.2. The van der Waals surface area contributed by atoms with Crippen molar-refractivity contribution in [2.24, 2.45) is 0 Å². The molecular formula is C19H21N2OPS. The Bertz CT molecular complexity index is 836. The van der Waals surface area contributed by atoms with Gasteiger partial charge < -0.3 is 0 Å². The van der Waals surface area contributed by atoms with E-state index in [1.807, 2.05) is 48.5 Å². The topological polar surface area (TPSA) is 33.2 Å². The number of thiazole rings is 1. The van der Waals surface area contributed by atoms with Crippen LogP contribution in [-0.2, 0) is 4.57 Å². The van der Waals surface area contributed by atoms with Crippen LogP contribution in [0.1, 0.15) is 25.7 Å². The van der Waals surface area contributed by atoms with Crippen LogP contribution in [0.5, 0.6) is 0 Å². The molecule has 0 radical (unpaired) electrons. The van der Waals surface area contributed by atoms with Gasteiger partial charge in [0.2, 0.25) is 7.29 Å². The minimum Gasteiger partial charge on any atom is -0.294 e. The quantitative estimate of drug-likeness (QED) is 0.652. The summed E-state index contributed by atoms with van der Waals surface area (Å²) in [7, 11) is -2.86. The summed E-state index contributed by atoms with van der Waals surface area (Å²) in [5.41, 5.74) is 0.948. The lowest BCUT2D eigenvalue weighted by Crippen LogP contribution is -2.33. The normalized spacial score (nSPS) is 19.0. The number of hydrogen-bond acceptors (Lipinski definition) is 3. The maximum atomic E-state index is 14.4. The van der Waals surface area contributed by atoms with E-state index in [2.05, 4.69) is 10.7 Å². The van der Waals surface area contributed by atoms with Gasteiger partial charge in [-0.05, 0) is 37.1 Å². The molecule has 2 aromatic carbocycles. The lowest BCUT2D eigenvalue weighted by Gasteiger charge is -2.29. The van der Waals surface area contributed by atoms with E-state index < -0.39 is 7.29 Å². The fraction of sp³-hybridized carbons (Fsp3) is 0.316. The lowest BCUT2D eigenvalue weighted by atomic mass is 10.2. The zero-order valence-electron chi connectivity index (χ0n) is 13.6.